The number of fused-ring (bicyclic) bond motifs is 1. The maximum Gasteiger partial charge on any atom is 0.262 e. The van der Waals surface area contributed by atoms with Crippen LogP contribution in [-0.4, -0.2) is 39.2 Å². The summed E-state index contributed by atoms with van der Waals surface area (Å²) in [5.41, 5.74) is 1.91. The molecule has 2 N–H and O–H groups in total. The molecule has 4 heterocycles. The standard InChI is InChI=1S/C17H17N5O2/c23-16-14-13(11-3-6-18-7-4-11)5-8-19-15(14)21-17(22-16)20-10-12-2-1-9-24-12/h3-8,12H,1-2,9-10H2,(H2,19,20,21,22,23). The number of aromatic nitrogens is 4. The Morgan fingerprint density at radius 2 is 2.12 bits per heavy atom. The molecule has 0 saturated carbocycles. The summed E-state index contributed by atoms with van der Waals surface area (Å²) in [6.07, 6.45) is 7.32. The number of hydrogen-bond acceptors (Lipinski definition) is 6. The molecule has 1 aliphatic rings. The molecule has 1 saturated heterocycles. The van der Waals surface area contributed by atoms with E-state index in [0.29, 0.717) is 23.5 Å². The van der Waals surface area contributed by atoms with Crippen LogP contribution < -0.4 is 10.9 Å². The summed E-state index contributed by atoms with van der Waals surface area (Å²) in [4.78, 5) is 28.1. The normalized spacial score (nSPS) is 17.2. The van der Waals surface area contributed by atoms with Gasteiger partial charge in [-0.1, -0.05) is 0 Å². The summed E-state index contributed by atoms with van der Waals surface area (Å²) in [6.45, 7) is 1.42. The Kier molecular flexibility index (Phi) is 3.92. The number of aromatic amines is 1. The minimum absolute atomic E-state index is 0.169. The van der Waals surface area contributed by atoms with E-state index in [0.717, 1.165) is 30.6 Å². The molecule has 3 aromatic heterocycles. The van der Waals surface area contributed by atoms with E-state index >= 15 is 0 Å². The fraction of sp³-hybridized carbons (Fsp3) is 0.294. The van der Waals surface area contributed by atoms with Gasteiger partial charge in [0.2, 0.25) is 5.95 Å². The molecular formula is C17H17N5O2. The Morgan fingerprint density at radius 3 is 2.92 bits per heavy atom. The van der Waals surface area contributed by atoms with E-state index < -0.39 is 0 Å². The topological polar surface area (TPSA) is 92.8 Å². The van der Waals surface area contributed by atoms with Gasteiger partial charge < -0.3 is 10.1 Å². The maximum absolute atomic E-state index is 12.6. The fourth-order valence-electron chi connectivity index (χ4n) is 2.93. The number of anilines is 1. The van der Waals surface area contributed by atoms with Gasteiger partial charge in [0.25, 0.3) is 5.56 Å². The highest BCUT2D eigenvalue weighted by Crippen LogP contribution is 2.23. The van der Waals surface area contributed by atoms with Gasteiger partial charge in [0.05, 0.1) is 11.5 Å². The smallest absolute Gasteiger partial charge is 0.262 e. The summed E-state index contributed by atoms with van der Waals surface area (Å²) in [7, 11) is 0. The van der Waals surface area contributed by atoms with Gasteiger partial charge >= 0.3 is 0 Å². The van der Waals surface area contributed by atoms with Gasteiger partial charge in [0, 0.05) is 31.7 Å². The van der Waals surface area contributed by atoms with Crippen molar-refractivity contribution in [2.75, 3.05) is 18.5 Å². The molecule has 24 heavy (non-hydrogen) atoms. The lowest BCUT2D eigenvalue weighted by Crippen LogP contribution is -2.22. The average molecular weight is 323 g/mol. The van der Waals surface area contributed by atoms with Crippen molar-refractivity contribution in [1.82, 2.24) is 19.9 Å². The number of rotatable bonds is 4. The number of H-pyrrole nitrogens is 1. The second-order valence-corrected chi connectivity index (χ2v) is 5.72. The molecule has 0 spiro atoms. The monoisotopic (exact) mass is 323 g/mol. The highest BCUT2D eigenvalue weighted by molar-refractivity contribution is 5.91. The lowest BCUT2D eigenvalue weighted by atomic mass is 10.1. The van der Waals surface area contributed by atoms with Gasteiger partial charge in [-0.05, 0) is 42.2 Å². The summed E-state index contributed by atoms with van der Waals surface area (Å²) in [6, 6.07) is 5.53. The minimum atomic E-state index is -0.213. The number of nitrogens with one attached hydrogen (secondary N) is 2. The first-order chi connectivity index (χ1) is 11.8. The number of ether oxygens (including phenoxy) is 1. The van der Waals surface area contributed by atoms with Crippen LogP contribution in [0.15, 0.2) is 41.6 Å². The predicted octanol–water partition coefficient (Wildman–Crippen LogP) is 1.97. The summed E-state index contributed by atoms with van der Waals surface area (Å²) < 4.78 is 5.57. The summed E-state index contributed by atoms with van der Waals surface area (Å²) in [5, 5.41) is 3.62. The second kappa shape index (κ2) is 6.37. The van der Waals surface area contributed by atoms with Crippen LogP contribution in [0.2, 0.25) is 0 Å². The highest BCUT2D eigenvalue weighted by Gasteiger charge is 2.16. The van der Waals surface area contributed by atoms with Crippen molar-refractivity contribution < 1.29 is 4.74 Å². The minimum Gasteiger partial charge on any atom is -0.376 e. The van der Waals surface area contributed by atoms with Crippen molar-refractivity contribution >= 4 is 17.0 Å². The van der Waals surface area contributed by atoms with E-state index in [1.165, 1.54) is 0 Å². The van der Waals surface area contributed by atoms with Crippen molar-refractivity contribution in [1.29, 1.82) is 0 Å². The zero-order valence-corrected chi connectivity index (χ0v) is 13.0. The molecule has 122 valence electrons. The van der Waals surface area contributed by atoms with Crippen molar-refractivity contribution in [3.8, 4) is 11.1 Å². The Labute approximate surface area is 138 Å². The quantitative estimate of drug-likeness (QED) is 0.762. The van der Waals surface area contributed by atoms with Crippen LogP contribution in [0.1, 0.15) is 12.8 Å². The molecule has 4 rings (SSSR count). The van der Waals surface area contributed by atoms with E-state index in [4.69, 9.17) is 4.74 Å². The molecule has 7 heteroatoms. The third-order valence-corrected chi connectivity index (χ3v) is 4.12. The van der Waals surface area contributed by atoms with E-state index in [1.54, 1.807) is 18.6 Å². The van der Waals surface area contributed by atoms with E-state index in [1.807, 2.05) is 18.2 Å². The Bertz CT molecular complexity index is 904. The molecule has 0 aliphatic carbocycles. The van der Waals surface area contributed by atoms with Gasteiger partial charge in [0.15, 0.2) is 5.65 Å². The third kappa shape index (κ3) is 2.85. The summed E-state index contributed by atoms with van der Waals surface area (Å²) >= 11 is 0. The predicted molar refractivity (Wildman–Crippen MR) is 90.9 cm³/mol. The van der Waals surface area contributed by atoms with E-state index in [-0.39, 0.29) is 11.7 Å². The zero-order chi connectivity index (χ0) is 16.4. The van der Waals surface area contributed by atoms with Crippen LogP contribution in [0.25, 0.3) is 22.2 Å². The van der Waals surface area contributed by atoms with Gasteiger partial charge in [-0.25, -0.2) is 4.98 Å². The van der Waals surface area contributed by atoms with Crippen LogP contribution in [0.5, 0.6) is 0 Å². The lowest BCUT2D eigenvalue weighted by Gasteiger charge is -2.11. The van der Waals surface area contributed by atoms with Crippen molar-refractivity contribution in [2.24, 2.45) is 0 Å². The van der Waals surface area contributed by atoms with E-state index in [9.17, 15) is 4.79 Å². The molecule has 0 amide bonds. The molecule has 7 nitrogen and oxygen atoms in total. The molecule has 0 bridgehead atoms. The molecule has 1 unspecified atom stereocenters. The van der Waals surface area contributed by atoms with Gasteiger partial charge in [-0.2, -0.15) is 4.98 Å². The Hall–Kier alpha value is -2.80. The van der Waals surface area contributed by atoms with E-state index in [2.05, 4.69) is 25.3 Å². The van der Waals surface area contributed by atoms with Crippen LogP contribution >= 0.6 is 0 Å². The van der Waals surface area contributed by atoms with Crippen molar-refractivity contribution in [3.05, 3.63) is 47.1 Å². The Balaban J connectivity index is 1.70. The number of pyridine rings is 2. The SMILES string of the molecule is O=c1[nH]c(NCC2CCCO2)nc2nccc(-c3ccncc3)c12. The molecule has 0 radical (unpaired) electrons. The van der Waals surface area contributed by atoms with Crippen molar-refractivity contribution in [3.63, 3.8) is 0 Å². The van der Waals surface area contributed by atoms with Gasteiger partial charge in [-0.3, -0.25) is 14.8 Å². The molecule has 0 aromatic carbocycles. The first-order valence-electron chi connectivity index (χ1n) is 7.96. The Morgan fingerprint density at radius 1 is 1.25 bits per heavy atom. The molecule has 3 aromatic rings. The number of nitrogens with zero attached hydrogens (tertiary/aromatic N) is 3. The molecule has 1 fully saturated rings. The molecular weight excluding hydrogens is 306 g/mol. The lowest BCUT2D eigenvalue weighted by molar-refractivity contribution is 0.120. The first kappa shape index (κ1) is 14.8. The number of hydrogen-bond donors (Lipinski definition) is 2. The van der Waals surface area contributed by atoms with Crippen LogP contribution in [0, 0.1) is 0 Å². The highest BCUT2D eigenvalue weighted by atomic mass is 16.5. The largest absolute Gasteiger partial charge is 0.376 e. The third-order valence-electron chi connectivity index (χ3n) is 4.12. The maximum atomic E-state index is 12.6. The van der Waals surface area contributed by atoms with Gasteiger partial charge in [-0.15, -0.1) is 0 Å². The van der Waals surface area contributed by atoms with Crippen molar-refractivity contribution in [2.45, 2.75) is 18.9 Å². The van der Waals surface area contributed by atoms with Gasteiger partial charge in [0.1, 0.15) is 0 Å². The first-order valence-corrected chi connectivity index (χ1v) is 7.96. The average Bonchev–Trinajstić information content (AvgIpc) is 3.14. The summed E-state index contributed by atoms with van der Waals surface area (Å²) in [5.74, 6) is 0.419. The van der Waals surface area contributed by atoms with Crippen LogP contribution in [0.4, 0.5) is 5.95 Å². The zero-order valence-electron chi connectivity index (χ0n) is 13.0. The molecule has 1 atom stereocenters. The van der Waals surface area contributed by atoms with Crippen LogP contribution in [0.3, 0.4) is 0 Å². The van der Waals surface area contributed by atoms with Crippen LogP contribution in [-0.2, 0) is 4.74 Å². The fourth-order valence-corrected chi connectivity index (χ4v) is 2.93. The molecule has 1 aliphatic heterocycles. The second-order valence-electron chi connectivity index (χ2n) is 5.72.